The predicted octanol–water partition coefficient (Wildman–Crippen LogP) is 1.79. The molecule has 1 unspecified atom stereocenters. The Hall–Kier alpha value is -0.100. The van der Waals surface area contributed by atoms with Crippen LogP contribution in [0, 0.1) is 0 Å². The number of halogens is 1. The Morgan fingerprint density at radius 1 is 1.50 bits per heavy atom. The quantitative estimate of drug-likeness (QED) is 0.725. The molecule has 1 N–H and O–H groups in total. The zero-order valence-electron chi connectivity index (χ0n) is 8.07. The van der Waals surface area contributed by atoms with Gasteiger partial charge in [0.25, 0.3) is 0 Å². The first-order chi connectivity index (χ1) is 6.40. The van der Waals surface area contributed by atoms with Crippen LogP contribution in [0.2, 0.25) is 0 Å². The van der Waals surface area contributed by atoms with Crippen LogP contribution in [-0.2, 0) is 14.6 Å². The average molecular weight is 287 g/mol. The van der Waals surface area contributed by atoms with Crippen LogP contribution in [0.3, 0.4) is 0 Å². The number of aliphatic carboxylic acids is 1. The molecule has 0 aliphatic heterocycles. The lowest BCUT2D eigenvalue weighted by atomic mass is 10.2. The van der Waals surface area contributed by atoms with Crippen molar-refractivity contribution in [3.8, 4) is 0 Å². The van der Waals surface area contributed by atoms with E-state index in [9.17, 15) is 13.2 Å². The van der Waals surface area contributed by atoms with Gasteiger partial charge in [-0.15, -0.1) is 0 Å². The number of carboxylic acids is 1. The third kappa shape index (κ3) is 5.59. The maximum Gasteiger partial charge on any atom is 0.303 e. The normalized spacial score (nSPS) is 13.9. The highest BCUT2D eigenvalue weighted by Crippen LogP contribution is 2.18. The molecule has 1 atom stereocenters. The Morgan fingerprint density at radius 2 is 2.07 bits per heavy atom. The lowest BCUT2D eigenvalue weighted by Crippen LogP contribution is -2.18. The molecule has 6 heteroatoms. The van der Waals surface area contributed by atoms with Crippen molar-refractivity contribution in [1.82, 2.24) is 0 Å². The molecule has 0 heterocycles. The Kier molecular flexibility index (Phi) is 6.35. The van der Waals surface area contributed by atoms with Gasteiger partial charge in [0.05, 0.1) is 5.75 Å². The molecule has 0 aromatic carbocycles. The fraction of sp³-hybridized carbons (Fsp3) is 0.875. The van der Waals surface area contributed by atoms with Crippen LogP contribution < -0.4 is 0 Å². The smallest absolute Gasteiger partial charge is 0.303 e. The first kappa shape index (κ1) is 13.9. The second-order valence-corrected chi connectivity index (χ2v) is 7.08. The molecule has 0 radical (unpaired) electrons. The van der Waals surface area contributed by atoms with E-state index in [1.165, 1.54) is 0 Å². The molecule has 0 fully saturated rings. The summed E-state index contributed by atoms with van der Waals surface area (Å²) in [6, 6.07) is 0. The summed E-state index contributed by atoms with van der Waals surface area (Å²) in [5.74, 6) is -0.742. The van der Waals surface area contributed by atoms with E-state index in [4.69, 9.17) is 5.11 Å². The first-order valence-corrected chi connectivity index (χ1v) is 7.10. The number of alkyl halides is 1. The monoisotopic (exact) mass is 286 g/mol. The second-order valence-electron chi connectivity index (χ2n) is 3.06. The summed E-state index contributed by atoms with van der Waals surface area (Å²) in [7, 11) is -3.08. The summed E-state index contributed by atoms with van der Waals surface area (Å²) in [4.78, 5) is 10.2. The van der Waals surface area contributed by atoms with Crippen molar-refractivity contribution in [2.75, 3.05) is 5.75 Å². The van der Waals surface area contributed by atoms with Gasteiger partial charge >= 0.3 is 5.97 Å². The van der Waals surface area contributed by atoms with E-state index < -0.39 is 20.0 Å². The van der Waals surface area contributed by atoms with Crippen LogP contribution >= 0.6 is 15.9 Å². The lowest BCUT2D eigenvalue weighted by molar-refractivity contribution is -0.137. The molecule has 0 saturated heterocycles. The third-order valence-corrected chi connectivity index (χ3v) is 5.86. The summed E-state index contributed by atoms with van der Waals surface area (Å²) < 4.78 is 22.2. The van der Waals surface area contributed by atoms with Crippen molar-refractivity contribution in [2.45, 2.75) is 36.8 Å². The topological polar surface area (TPSA) is 71.4 Å². The van der Waals surface area contributed by atoms with Crippen molar-refractivity contribution >= 4 is 31.7 Å². The van der Waals surface area contributed by atoms with Gasteiger partial charge in [0.15, 0.2) is 9.84 Å². The zero-order valence-corrected chi connectivity index (χ0v) is 10.5. The lowest BCUT2D eigenvalue weighted by Gasteiger charge is -2.09. The van der Waals surface area contributed by atoms with Crippen molar-refractivity contribution in [2.24, 2.45) is 0 Å². The van der Waals surface area contributed by atoms with Crippen LogP contribution in [0.15, 0.2) is 0 Å². The maximum absolute atomic E-state index is 11.4. The molecule has 0 saturated carbocycles. The molecular weight excluding hydrogens is 272 g/mol. The standard InChI is InChI=1S/C8H15BrO4S/c1-2-6-14(12,13)7(9)4-3-5-8(10)11/h7H,2-6H2,1H3,(H,10,11). The summed E-state index contributed by atoms with van der Waals surface area (Å²) in [6.07, 6.45) is 1.34. The van der Waals surface area contributed by atoms with Gasteiger partial charge in [0.2, 0.25) is 0 Å². The molecule has 0 aromatic rings. The molecule has 0 spiro atoms. The Morgan fingerprint density at radius 3 is 2.50 bits per heavy atom. The molecule has 0 rings (SSSR count). The number of carbonyl (C=O) groups is 1. The molecule has 0 bridgehead atoms. The molecule has 0 amide bonds. The molecule has 0 aliphatic carbocycles. The minimum Gasteiger partial charge on any atom is -0.481 e. The SMILES string of the molecule is CCCS(=O)(=O)C(Br)CCCC(=O)O. The van der Waals surface area contributed by atoms with Crippen molar-refractivity contribution < 1.29 is 18.3 Å². The number of hydrogen-bond donors (Lipinski definition) is 1. The van der Waals surface area contributed by atoms with E-state index >= 15 is 0 Å². The summed E-state index contributed by atoms with van der Waals surface area (Å²) in [5.41, 5.74) is 0. The van der Waals surface area contributed by atoms with Gasteiger partial charge in [-0.05, 0) is 19.3 Å². The van der Waals surface area contributed by atoms with Gasteiger partial charge < -0.3 is 5.11 Å². The molecule has 0 aromatic heterocycles. The Bertz CT molecular complexity index is 273. The number of rotatable bonds is 7. The minimum absolute atomic E-state index is 0.0176. The predicted molar refractivity (Wildman–Crippen MR) is 58.3 cm³/mol. The minimum atomic E-state index is -3.08. The average Bonchev–Trinajstić information content (AvgIpc) is 2.03. The summed E-state index contributed by atoms with van der Waals surface area (Å²) in [6.45, 7) is 1.80. The number of hydrogen-bond acceptors (Lipinski definition) is 3. The number of sulfone groups is 1. The highest BCUT2D eigenvalue weighted by molar-refractivity contribution is 9.11. The summed E-state index contributed by atoms with van der Waals surface area (Å²) in [5, 5.41) is 8.37. The van der Waals surface area contributed by atoms with Crippen LogP contribution in [0.25, 0.3) is 0 Å². The maximum atomic E-state index is 11.4. The van der Waals surface area contributed by atoms with E-state index in [1.807, 2.05) is 0 Å². The zero-order chi connectivity index (χ0) is 11.2. The van der Waals surface area contributed by atoms with Gasteiger partial charge in [-0.1, -0.05) is 22.9 Å². The van der Waals surface area contributed by atoms with Crippen LogP contribution in [-0.4, -0.2) is 29.4 Å². The highest BCUT2D eigenvalue weighted by Gasteiger charge is 2.21. The molecule has 4 nitrogen and oxygen atoms in total. The second kappa shape index (κ2) is 6.40. The van der Waals surface area contributed by atoms with Gasteiger partial charge in [-0.25, -0.2) is 8.42 Å². The first-order valence-electron chi connectivity index (χ1n) is 4.47. The molecule has 14 heavy (non-hydrogen) atoms. The van der Waals surface area contributed by atoms with Gasteiger partial charge in [-0.2, -0.15) is 0 Å². The Labute approximate surface area is 92.7 Å². The van der Waals surface area contributed by atoms with Crippen LogP contribution in [0.1, 0.15) is 32.6 Å². The molecular formula is C8H15BrO4S. The van der Waals surface area contributed by atoms with E-state index in [1.54, 1.807) is 6.92 Å². The van der Waals surface area contributed by atoms with E-state index in [0.29, 0.717) is 19.3 Å². The van der Waals surface area contributed by atoms with Crippen LogP contribution in [0.5, 0.6) is 0 Å². The number of carboxylic acid groups (broad SMARTS) is 1. The summed E-state index contributed by atoms with van der Waals surface area (Å²) >= 11 is 3.07. The van der Waals surface area contributed by atoms with Crippen LogP contribution in [0.4, 0.5) is 0 Å². The van der Waals surface area contributed by atoms with E-state index in [-0.39, 0.29) is 12.2 Å². The van der Waals surface area contributed by atoms with Crippen molar-refractivity contribution in [1.29, 1.82) is 0 Å². The Balaban J connectivity index is 3.95. The van der Waals surface area contributed by atoms with Crippen molar-refractivity contribution in [3.63, 3.8) is 0 Å². The molecule has 84 valence electrons. The fourth-order valence-electron chi connectivity index (χ4n) is 1.01. The van der Waals surface area contributed by atoms with E-state index in [0.717, 1.165) is 0 Å². The van der Waals surface area contributed by atoms with Gasteiger partial charge in [-0.3, -0.25) is 4.79 Å². The van der Waals surface area contributed by atoms with Gasteiger partial charge in [0, 0.05) is 6.42 Å². The fourth-order valence-corrected chi connectivity index (χ4v) is 3.24. The molecule has 0 aliphatic rings. The van der Waals surface area contributed by atoms with Crippen molar-refractivity contribution in [3.05, 3.63) is 0 Å². The largest absolute Gasteiger partial charge is 0.481 e. The third-order valence-electron chi connectivity index (χ3n) is 1.70. The van der Waals surface area contributed by atoms with Gasteiger partial charge in [0.1, 0.15) is 4.16 Å². The van der Waals surface area contributed by atoms with E-state index in [2.05, 4.69) is 15.9 Å². The highest BCUT2D eigenvalue weighted by atomic mass is 79.9.